The van der Waals surface area contributed by atoms with E-state index in [1.807, 2.05) is 30.3 Å². The lowest BCUT2D eigenvalue weighted by Gasteiger charge is -2.02. The molecule has 1 rings (SSSR count). The fourth-order valence-corrected chi connectivity index (χ4v) is 1.98. The summed E-state index contributed by atoms with van der Waals surface area (Å²) in [5, 5.41) is 9.15. The predicted octanol–water partition coefficient (Wildman–Crippen LogP) is 4.96. The number of methoxy groups -OCH3 is 1. The van der Waals surface area contributed by atoms with Gasteiger partial charge in [0.25, 0.3) is 0 Å². The van der Waals surface area contributed by atoms with Crippen molar-refractivity contribution in [1.82, 2.24) is 0 Å². The average Bonchev–Trinajstić information content (AvgIpc) is 2.46. The molecule has 0 heterocycles. The van der Waals surface area contributed by atoms with Crippen LogP contribution in [0.25, 0.3) is 6.08 Å². The summed E-state index contributed by atoms with van der Waals surface area (Å²) in [6, 6.07) is 10.1. The zero-order chi connectivity index (χ0) is 13.9. The van der Waals surface area contributed by atoms with Gasteiger partial charge in [-0.3, -0.25) is 0 Å². The number of unbranched alkanes of at least 4 members (excludes halogenated alkanes) is 4. The minimum atomic E-state index is 0.843. The molecule has 0 aliphatic heterocycles. The second-order valence-electron chi connectivity index (χ2n) is 4.72. The third-order valence-corrected chi connectivity index (χ3v) is 3.15. The summed E-state index contributed by atoms with van der Waals surface area (Å²) in [4.78, 5) is 0. The van der Waals surface area contributed by atoms with Crippen molar-refractivity contribution in [1.29, 1.82) is 5.26 Å². The van der Waals surface area contributed by atoms with Crippen LogP contribution in [0.3, 0.4) is 0 Å². The van der Waals surface area contributed by atoms with E-state index in [1.165, 1.54) is 25.7 Å². The first kappa shape index (κ1) is 15.3. The Morgan fingerprint density at radius 3 is 2.42 bits per heavy atom. The monoisotopic (exact) mass is 257 g/mol. The maximum Gasteiger partial charge on any atom is 0.118 e. The van der Waals surface area contributed by atoms with E-state index in [2.05, 4.69) is 13.0 Å². The number of hydrogen-bond donors (Lipinski definition) is 0. The van der Waals surface area contributed by atoms with Crippen LogP contribution in [0.1, 0.15) is 51.0 Å². The molecule has 0 amide bonds. The van der Waals surface area contributed by atoms with Gasteiger partial charge in [0.15, 0.2) is 0 Å². The van der Waals surface area contributed by atoms with Gasteiger partial charge in [0.2, 0.25) is 0 Å². The Morgan fingerprint density at radius 1 is 1.16 bits per heavy atom. The van der Waals surface area contributed by atoms with Gasteiger partial charge in [-0.1, -0.05) is 44.7 Å². The van der Waals surface area contributed by atoms with Gasteiger partial charge >= 0.3 is 0 Å². The van der Waals surface area contributed by atoms with E-state index in [0.29, 0.717) is 0 Å². The SMILES string of the molecule is CCCCCCC/C(C#N)=C/c1ccc(OC)cc1. The third-order valence-electron chi connectivity index (χ3n) is 3.15. The minimum absolute atomic E-state index is 0.843. The van der Waals surface area contributed by atoms with Crippen LogP contribution in [-0.2, 0) is 0 Å². The Labute approximate surface area is 116 Å². The molecular weight excluding hydrogens is 234 g/mol. The first-order valence-corrected chi connectivity index (χ1v) is 7.05. The predicted molar refractivity (Wildman–Crippen MR) is 80.0 cm³/mol. The molecule has 0 saturated heterocycles. The topological polar surface area (TPSA) is 33.0 Å². The molecule has 102 valence electrons. The number of allylic oxidation sites excluding steroid dienone is 1. The van der Waals surface area contributed by atoms with Gasteiger partial charge in [-0.15, -0.1) is 0 Å². The van der Waals surface area contributed by atoms with Gasteiger partial charge in [-0.25, -0.2) is 0 Å². The van der Waals surface area contributed by atoms with Crippen LogP contribution < -0.4 is 4.74 Å². The molecule has 0 unspecified atom stereocenters. The molecule has 2 nitrogen and oxygen atoms in total. The largest absolute Gasteiger partial charge is 0.497 e. The number of hydrogen-bond acceptors (Lipinski definition) is 2. The Hall–Kier alpha value is -1.75. The van der Waals surface area contributed by atoms with Crippen LogP contribution in [0, 0.1) is 11.3 Å². The van der Waals surface area contributed by atoms with E-state index in [4.69, 9.17) is 10.00 Å². The van der Waals surface area contributed by atoms with Crippen LogP contribution in [0.4, 0.5) is 0 Å². The van der Waals surface area contributed by atoms with Crippen LogP contribution in [0.2, 0.25) is 0 Å². The van der Waals surface area contributed by atoms with Crippen LogP contribution in [0.5, 0.6) is 5.75 Å². The van der Waals surface area contributed by atoms with Crippen LogP contribution in [0.15, 0.2) is 29.8 Å². The second kappa shape index (κ2) is 9.22. The number of nitriles is 1. The highest BCUT2D eigenvalue weighted by atomic mass is 16.5. The first-order valence-electron chi connectivity index (χ1n) is 7.05. The van der Waals surface area contributed by atoms with Gasteiger partial charge in [0, 0.05) is 5.57 Å². The molecule has 1 aromatic rings. The Bertz CT molecular complexity index is 426. The molecule has 0 N–H and O–H groups in total. The smallest absolute Gasteiger partial charge is 0.118 e. The van der Waals surface area contributed by atoms with Crippen molar-refractivity contribution in [2.75, 3.05) is 7.11 Å². The number of nitrogens with zero attached hydrogens (tertiary/aromatic N) is 1. The minimum Gasteiger partial charge on any atom is -0.497 e. The molecule has 0 aromatic heterocycles. The van der Waals surface area contributed by atoms with Gasteiger partial charge in [-0.2, -0.15) is 5.26 Å². The summed E-state index contributed by atoms with van der Waals surface area (Å²) >= 11 is 0. The van der Waals surface area contributed by atoms with Gasteiger partial charge in [0.1, 0.15) is 5.75 Å². The number of benzene rings is 1. The maximum atomic E-state index is 9.15. The van der Waals surface area contributed by atoms with Crippen molar-refractivity contribution >= 4 is 6.08 Å². The number of rotatable bonds is 8. The van der Waals surface area contributed by atoms with E-state index in [1.54, 1.807) is 7.11 Å². The van der Waals surface area contributed by atoms with Crippen LogP contribution >= 0.6 is 0 Å². The Kier molecular flexibility index (Phi) is 7.43. The summed E-state index contributed by atoms with van der Waals surface area (Å²) < 4.78 is 5.12. The lowest BCUT2D eigenvalue weighted by molar-refractivity contribution is 0.415. The van der Waals surface area contributed by atoms with Crippen molar-refractivity contribution in [2.45, 2.75) is 45.4 Å². The summed E-state index contributed by atoms with van der Waals surface area (Å²) in [5.41, 5.74) is 1.92. The highest BCUT2D eigenvalue weighted by Crippen LogP contribution is 2.17. The van der Waals surface area contributed by atoms with E-state index in [9.17, 15) is 0 Å². The maximum absolute atomic E-state index is 9.15. The quantitative estimate of drug-likeness (QED) is 0.487. The van der Waals surface area contributed by atoms with Gasteiger partial charge in [-0.05, 0) is 36.6 Å². The van der Waals surface area contributed by atoms with Crippen molar-refractivity contribution in [3.05, 3.63) is 35.4 Å². The fraction of sp³-hybridized carbons (Fsp3) is 0.471. The highest BCUT2D eigenvalue weighted by Gasteiger charge is 1.98. The van der Waals surface area contributed by atoms with Crippen molar-refractivity contribution in [3.63, 3.8) is 0 Å². The van der Waals surface area contributed by atoms with Crippen molar-refractivity contribution in [3.8, 4) is 11.8 Å². The van der Waals surface area contributed by atoms with E-state index in [0.717, 1.165) is 29.7 Å². The molecule has 0 radical (unpaired) electrons. The molecule has 0 saturated carbocycles. The van der Waals surface area contributed by atoms with Gasteiger partial charge < -0.3 is 4.74 Å². The van der Waals surface area contributed by atoms with E-state index in [-0.39, 0.29) is 0 Å². The average molecular weight is 257 g/mol. The number of ether oxygens (including phenoxy) is 1. The molecule has 2 heteroatoms. The summed E-state index contributed by atoms with van der Waals surface area (Å²) in [6.45, 7) is 2.21. The molecule has 0 bridgehead atoms. The molecule has 19 heavy (non-hydrogen) atoms. The molecule has 0 spiro atoms. The molecule has 0 atom stereocenters. The van der Waals surface area contributed by atoms with E-state index < -0.39 is 0 Å². The first-order chi connectivity index (χ1) is 9.30. The normalized spacial score (nSPS) is 11.1. The third kappa shape index (κ3) is 6.10. The zero-order valence-electron chi connectivity index (χ0n) is 12.0. The van der Waals surface area contributed by atoms with Crippen LogP contribution in [-0.4, -0.2) is 7.11 Å². The molecule has 0 fully saturated rings. The van der Waals surface area contributed by atoms with Crippen molar-refractivity contribution in [2.24, 2.45) is 0 Å². The van der Waals surface area contributed by atoms with Gasteiger partial charge in [0.05, 0.1) is 13.2 Å². The Balaban J connectivity index is 2.48. The standard InChI is InChI=1S/C17H23NO/c1-3-4-5-6-7-8-16(14-18)13-15-9-11-17(19-2)12-10-15/h9-13H,3-8H2,1-2H3/b16-13-. The summed E-state index contributed by atoms with van der Waals surface area (Å²) in [6.07, 6.45) is 9.01. The summed E-state index contributed by atoms with van der Waals surface area (Å²) in [5.74, 6) is 0.843. The molecule has 1 aromatic carbocycles. The lowest BCUT2D eigenvalue weighted by Crippen LogP contribution is -1.84. The van der Waals surface area contributed by atoms with E-state index >= 15 is 0 Å². The Morgan fingerprint density at radius 2 is 1.84 bits per heavy atom. The molecule has 0 aliphatic carbocycles. The summed E-state index contributed by atoms with van der Waals surface area (Å²) in [7, 11) is 1.65. The molecule has 0 aliphatic rings. The zero-order valence-corrected chi connectivity index (χ0v) is 12.0. The lowest BCUT2D eigenvalue weighted by atomic mass is 10.0. The second-order valence-corrected chi connectivity index (χ2v) is 4.72. The van der Waals surface area contributed by atoms with Crippen molar-refractivity contribution < 1.29 is 4.74 Å². The fourth-order valence-electron chi connectivity index (χ4n) is 1.98. The molecular formula is C17H23NO. The highest BCUT2D eigenvalue weighted by molar-refractivity contribution is 5.57.